The normalized spacial score (nSPS) is 24.3. The molecule has 18 heavy (non-hydrogen) atoms. The van der Waals surface area contributed by atoms with Gasteiger partial charge >= 0.3 is 0 Å². The van der Waals surface area contributed by atoms with Gasteiger partial charge in [0.05, 0.1) is 5.92 Å². The summed E-state index contributed by atoms with van der Waals surface area (Å²) in [5.41, 5.74) is 6.11. The Morgan fingerprint density at radius 1 is 1.17 bits per heavy atom. The van der Waals surface area contributed by atoms with Crippen molar-refractivity contribution in [2.24, 2.45) is 11.7 Å². The average molecular weight is 255 g/mol. The van der Waals surface area contributed by atoms with Gasteiger partial charge in [-0.1, -0.05) is 19.8 Å². The predicted octanol–water partition coefficient (Wildman–Crippen LogP) is 1.30. The Morgan fingerprint density at radius 2 is 1.83 bits per heavy atom. The van der Waals surface area contributed by atoms with Crippen LogP contribution in [-0.4, -0.2) is 55.5 Å². The third kappa shape index (κ3) is 4.58. The zero-order chi connectivity index (χ0) is 13.5. The van der Waals surface area contributed by atoms with Crippen LogP contribution < -0.4 is 5.73 Å². The molecule has 0 aromatic carbocycles. The molecular weight excluding hydrogens is 226 g/mol. The summed E-state index contributed by atoms with van der Waals surface area (Å²) in [7, 11) is 4.09. The van der Waals surface area contributed by atoms with Gasteiger partial charge in [-0.25, -0.2) is 0 Å². The summed E-state index contributed by atoms with van der Waals surface area (Å²) in [6.07, 6.45) is 5.32. The van der Waals surface area contributed by atoms with E-state index in [1.54, 1.807) is 0 Å². The quantitative estimate of drug-likeness (QED) is 0.778. The SMILES string of the molecule is CCCN(CCN(C)C)C(=O)C1CCCCC1N. The van der Waals surface area contributed by atoms with E-state index in [9.17, 15) is 4.79 Å². The molecule has 0 spiro atoms. The smallest absolute Gasteiger partial charge is 0.227 e. The molecule has 1 fully saturated rings. The maximum Gasteiger partial charge on any atom is 0.227 e. The highest BCUT2D eigenvalue weighted by atomic mass is 16.2. The molecule has 4 nitrogen and oxygen atoms in total. The minimum absolute atomic E-state index is 0.0625. The molecule has 0 aromatic rings. The number of hydrogen-bond acceptors (Lipinski definition) is 3. The van der Waals surface area contributed by atoms with Gasteiger partial charge in [0.1, 0.15) is 0 Å². The van der Waals surface area contributed by atoms with Crippen molar-refractivity contribution in [2.75, 3.05) is 33.7 Å². The van der Waals surface area contributed by atoms with Gasteiger partial charge < -0.3 is 15.5 Å². The Hall–Kier alpha value is -0.610. The lowest BCUT2D eigenvalue weighted by Crippen LogP contribution is -2.47. The molecule has 0 radical (unpaired) electrons. The largest absolute Gasteiger partial charge is 0.341 e. The second-order valence-corrected chi connectivity index (χ2v) is 5.68. The fourth-order valence-electron chi connectivity index (χ4n) is 2.62. The van der Waals surface area contributed by atoms with Crippen LogP contribution >= 0.6 is 0 Å². The van der Waals surface area contributed by atoms with E-state index >= 15 is 0 Å². The minimum Gasteiger partial charge on any atom is -0.341 e. The van der Waals surface area contributed by atoms with Crippen molar-refractivity contribution >= 4 is 5.91 Å². The zero-order valence-electron chi connectivity index (χ0n) is 12.2. The van der Waals surface area contributed by atoms with Gasteiger partial charge in [0.15, 0.2) is 0 Å². The first-order valence-corrected chi connectivity index (χ1v) is 7.25. The van der Waals surface area contributed by atoms with Gasteiger partial charge in [0.25, 0.3) is 0 Å². The molecule has 0 heterocycles. The molecule has 1 aliphatic carbocycles. The fourth-order valence-corrected chi connectivity index (χ4v) is 2.62. The maximum atomic E-state index is 12.5. The predicted molar refractivity (Wildman–Crippen MR) is 75.4 cm³/mol. The second-order valence-electron chi connectivity index (χ2n) is 5.68. The lowest BCUT2D eigenvalue weighted by molar-refractivity contribution is -0.137. The maximum absolute atomic E-state index is 12.5. The van der Waals surface area contributed by atoms with E-state index in [1.807, 2.05) is 19.0 Å². The molecule has 2 N–H and O–H groups in total. The van der Waals surface area contributed by atoms with Crippen molar-refractivity contribution in [2.45, 2.75) is 45.1 Å². The van der Waals surface area contributed by atoms with Crippen molar-refractivity contribution in [1.82, 2.24) is 9.80 Å². The summed E-state index contributed by atoms with van der Waals surface area (Å²) in [4.78, 5) is 16.7. The molecule has 0 aliphatic heterocycles. The Kier molecular flexibility index (Phi) is 6.65. The first-order valence-electron chi connectivity index (χ1n) is 7.25. The molecule has 2 unspecified atom stereocenters. The van der Waals surface area contributed by atoms with E-state index in [4.69, 9.17) is 5.73 Å². The first kappa shape index (κ1) is 15.4. The van der Waals surface area contributed by atoms with Crippen LogP contribution in [0.2, 0.25) is 0 Å². The van der Waals surface area contributed by atoms with Gasteiger partial charge in [0.2, 0.25) is 5.91 Å². The van der Waals surface area contributed by atoms with Gasteiger partial charge in [-0.15, -0.1) is 0 Å². The number of rotatable bonds is 6. The van der Waals surface area contributed by atoms with Crippen molar-refractivity contribution < 1.29 is 4.79 Å². The minimum atomic E-state index is 0.0625. The van der Waals surface area contributed by atoms with Crippen molar-refractivity contribution in [3.63, 3.8) is 0 Å². The van der Waals surface area contributed by atoms with Gasteiger partial charge in [-0.2, -0.15) is 0 Å². The van der Waals surface area contributed by atoms with Crippen LogP contribution in [-0.2, 0) is 4.79 Å². The summed E-state index contributed by atoms with van der Waals surface area (Å²) in [6.45, 7) is 4.73. The van der Waals surface area contributed by atoms with Crippen molar-refractivity contribution in [3.05, 3.63) is 0 Å². The number of carbonyl (C=O) groups excluding carboxylic acids is 1. The number of carbonyl (C=O) groups is 1. The van der Waals surface area contributed by atoms with E-state index in [0.29, 0.717) is 0 Å². The summed E-state index contributed by atoms with van der Waals surface area (Å²) in [5, 5.41) is 0. The fraction of sp³-hybridized carbons (Fsp3) is 0.929. The van der Waals surface area contributed by atoms with Crippen LogP contribution in [0, 0.1) is 5.92 Å². The third-order valence-electron chi connectivity index (χ3n) is 3.76. The molecule has 1 amide bonds. The summed E-state index contributed by atoms with van der Waals surface area (Å²) in [5.74, 6) is 0.346. The van der Waals surface area contributed by atoms with Gasteiger partial charge in [0, 0.05) is 25.7 Å². The summed E-state index contributed by atoms with van der Waals surface area (Å²) < 4.78 is 0. The average Bonchev–Trinajstić information content (AvgIpc) is 2.34. The monoisotopic (exact) mass is 255 g/mol. The number of nitrogens with two attached hydrogens (primary N) is 1. The van der Waals surface area contributed by atoms with E-state index in [2.05, 4.69) is 11.8 Å². The Labute approximate surface area is 111 Å². The molecule has 1 rings (SSSR count). The molecule has 4 heteroatoms. The molecule has 1 saturated carbocycles. The lowest BCUT2D eigenvalue weighted by atomic mass is 9.84. The second kappa shape index (κ2) is 7.74. The zero-order valence-corrected chi connectivity index (χ0v) is 12.2. The first-order chi connectivity index (χ1) is 8.56. The van der Waals surface area contributed by atoms with E-state index in [-0.39, 0.29) is 17.9 Å². The van der Waals surface area contributed by atoms with Crippen LogP contribution in [0.4, 0.5) is 0 Å². The van der Waals surface area contributed by atoms with Gasteiger partial charge in [-0.3, -0.25) is 4.79 Å². The van der Waals surface area contributed by atoms with Crippen LogP contribution in [0.5, 0.6) is 0 Å². The molecule has 1 aliphatic rings. The van der Waals surface area contributed by atoms with E-state index in [0.717, 1.165) is 45.3 Å². The van der Waals surface area contributed by atoms with Crippen LogP contribution in [0.15, 0.2) is 0 Å². The highest BCUT2D eigenvalue weighted by Crippen LogP contribution is 2.24. The van der Waals surface area contributed by atoms with Gasteiger partial charge in [-0.05, 0) is 33.4 Å². The van der Waals surface area contributed by atoms with Crippen molar-refractivity contribution in [1.29, 1.82) is 0 Å². The number of hydrogen-bond donors (Lipinski definition) is 1. The molecule has 106 valence electrons. The number of amides is 1. The van der Waals surface area contributed by atoms with Crippen LogP contribution in [0.3, 0.4) is 0 Å². The lowest BCUT2D eigenvalue weighted by Gasteiger charge is -2.33. The van der Waals surface area contributed by atoms with E-state index in [1.165, 1.54) is 6.42 Å². The molecule has 0 saturated heterocycles. The highest BCUT2D eigenvalue weighted by molar-refractivity contribution is 5.79. The number of likely N-dealkylation sites (N-methyl/N-ethyl adjacent to an activating group) is 1. The molecule has 0 bridgehead atoms. The third-order valence-corrected chi connectivity index (χ3v) is 3.76. The summed E-state index contributed by atoms with van der Waals surface area (Å²) in [6, 6.07) is 0.0740. The van der Waals surface area contributed by atoms with Crippen LogP contribution in [0.1, 0.15) is 39.0 Å². The molecule has 2 atom stereocenters. The van der Waals surface area contributed by atoms with Crippen LogP contribution in [0.25, 0.3) is 0 Å². The Morgan fingerprint density at radius 3 is 2.39 bits per heavy atom. The topological polar surface area (TPSA) is 49.6 Å². The Bertz CT molecular complexity index is 255. The van der Waals surface area contributed by atoms with E-state index < -0.39 is 0 Å². The standard InChI is InChI=1S/C14H29N3O/c1-4-9-17(11-10-16(2)3)14(18)12-7-5-6-8-13(12)15/h12-13H,4-11,15H2,1-3H3. The highest BCUT2D eigenvalue weighted by Gasteiger charge is 2.31. The summed E-state index contributed by atoms with van der Waals surface area (Å²) >= 11 is 0. The number of nitrogens with zero attached hydrogens (tertiary/aromatic N) is 2. The Balaban J connectivity index is 2.56. The van der Waals surface area contributed by atoms with Crippen molar-refractivity contribution in [3.8, 4) is 0 Å². The molecular formula is C14H29N3O. The molecule has 0 aromatic heterocycles.